The molecule has 8 heteroatoms. The first-order valence-electron chi connectivity index (χ1n) is 17.3. The molecular weight excluding hydrogens is 675 g/mol. The number of nitrogens with zero attached hydrogens (tertiary/aromatic N) is 5. The van der Waals surface area contributed by atoms with Gasteiger partial charge in [0.25, 0.3) is 0 Å². The van der Waals surface area contributed by atoms with E-state index in [2.05, 4.69) is 88.7 Å². The number of pyridine rings is 1. The van der Waals surface area contributed by atoms with Crippen LogP contribution in [0.15, 0.2) is 173 Å². The van der Waals surface area contributed by atoms with Crippen molar-refractivity contribution in [2.24, 2.45) is 0 Å². The molecule has 0 bridgehead atoms. The number of benzene rings is 6. The van der Waals surface area contributed by atoms with E-state index >= 15 is 0 Å². The smallest absolute Gasteiger partial charge is 0.235 e. The van der Waals surface area contributed by atoms with Crippen LogP contribution in [0, 0.1) is 0 Å². The lowest BCUT2D eigenvalue weighted by Crippen LogP contribution is -2.13. The minimum Gasteiger partial charge on any atom is -0.456 e. The van der Waals surface area contributed by atoms with E-state index in [-0.39, 0.29) is 0 Å². The molecule has 0 spiro atoms. The molecule has 0 aliphatic carbocycles. The molecule has 0 unspecified atom stereocenters. The highest BCUT2D eigenvalue weighted by molar-refractivity contribution is 7.25. The van der Waals surface area contributed by atoms with Gasteiger partial charge in [-0.2, -0.15) is 0 Å². The van der Waals surface area contributed by atoms with E-state index in [0.29, 0.717) is 5.95 Å². The Morgan fingerprint density at radius 1 is 0.415 bits per heavy atom. The van der Waals surface area contributed by atoms with Gasteiger partial charge in [0.15, 0.2) is 0 Å². The van der Waals surface area contributed by atoms with E-state index in [9.17, 15) is 0 Å². The fraction of sp³-hybridized carbons (Fsp3) is 0. The lowest BCUT2D eigenvalue weighted by atomic mass is 10.1. The standard InChI is InChI=1S/C45H27N5O2S/c1-3-11-28(12-4-1)49(30-19-21-40-34(23-30)32-15-7-9-17-38(32)51-40)43-25-42-36(26-46-43)37-27-47-45(48-44(37)53-42)50(29-13-5-2-6-14-29)31-20-22-41-35(24-31)33-16-8-10-18-39(33)52-41/h1-27H. The normalized spacial score (nSPS) is 11.8. The molecule has 11 rings (SSSR count). The number of fused-ring (bicyclic) bond motifs is 9. The van der Waals surface area contributed by atoms with Crippen LogP contribution in [0.4, 0.5) is 34.5 Å². The summed E-state index contributed by atoms with van der Waals surface area (Å²) in [7, 11) is 0. The van der Waals surface area contributed by atoms with Gasteiger partial charge in [0.1, 0.15) is 33.0 Å². The first kappa shape index (κ1) is 29.7. The van der Waals surface area contributed by atoms with E-state index in [1.54, 1.807) is 11.3 Å². The second kappa shape index (κ2) is 11.8. The van der Waals surface area contributed by atoms with Crippen molar-refractivity contribution in [1.29, 1.82) is 0 Å². The van der Waals surface area contributed by atoms with Gasteiger partial charge < -0.3 is 8.83 Å². The molecule has 11 aromatic rings. The van der Waals surface area contributed by atoms with Crippen molar-refractivity contribution in [2.45, 2.75) is 0 Å². The minimum absolute atomic E-state index is 0.585. The van der Waals surface area contributed by atoms with Crippen molar-refractivity contribution in [2.75, 3.05) is 9.80 Å². The molecule has 53 heavy (non-hydrogen) atoms. The lowest BCUT2D eigenvalue weighted by Gasteiger charge is -2.24. The van der Waals surface area contributed by atoms with Gasteiger partial charge in [0.2, 0.25) is 5.95 Å². The molecule has 0 saturated carbocycles. The quantitative estimate of drug-likeness (QED) is 0.171. The monoisotopic (exact) mass is 701 g/mol. The summed E-state index contributed by atoms with van der Waals surface area (Å²) in [4.78, 5) is 20.4. The van der Waals surface area contributed by atoms with Crippen LogP contribution in [0.3, 0.4) is 0 Å². The Kier molecular flexibility index (Phi) is 6.59. The molecule has 0 aliphatic rings. The van der Waals surface area contributed by atoms with Crippen LogP contribution >= 0.6 is 11.3 Å². The molecule has 0 fully saturated rings. The predicted molar refractivity (Wildman–Crippen MR) is 217 cm³/mol. The summed E-state index contributed by atoms with van der Waals surface area (Å²) in [6.07, 6.45) is 3.87. The van der Waals surface area contributed by atoms with E-state index in [1.165, 1.54) is 0 Å². The predicted octanol–water partition coefficient (Wildman–Crippen LogP) is 13.0. The Bertz CT molecular complexity index is 2940. The maximum atomic E-state index is 6.15. The summed E-state index contributed by atoms with van der Waals surface area (Å²) in [6, 6.07) is 51.6. The second-order valence-corrected chi connectivity index (χ2v) is 14.0. The van der Waals surface area contributed by atoms with Gasteiger partial charge in [-0.05, 0) is 78.9 Å². The molecule has 0 aliphatic heterocycles. The van der Waals surface area contributed by atoms with Crippen molar-refractivity contribution in [1.82, 2.24) is 15.0 Å². The summed E-state index contributed by atoms with van der Waals surface area (Å²) in [6.45, 7) is 0. The first-order chi connectivity index (χ1) is 26.2. The lowest BCUT2D eigenvalue weighted by molar-refractivity contribution is 0.668. The maximum Gasteiger partial charge on any atom is 0.235 e. The first-order valence-corrected chi connectivity index (χ1v) is 18.2. The Balaban J connectivity index is 1.04. The average molecular weight is 702 g/mol. The molecule has 0 saturated heterocycles. The van der Waals surface area contributed by atoms with Gasteiger partial charge in [-0.15, -0.1) is 11.3 Å². The fourth-order valence-electron chi connectivity index (χ4n) is 7.32. The van der Waals surface area contributed by atoms with E-state index in [0.717, 1.165) is 92.7 Å². The van der Waals surface area contributed by atoms with Crippen LogP contribution < -0.4 is 9.80 Å². The Labute approximate surface area is 306 Å². The zero-order valence-corrected chi connectivity index (χ0v) is 28.9. The third-order valence-corrected chi connectivity index (χ3v) is 10.8. The summed E-state index contributed by atoms with van der Waals surface area (Å²) in [5.41, 5.74) is 7.34. The third-order valence-electron chi connectivity index (χ3n) is 9.78. The van der Waals surface area contributed by atoms with Crippen LogP contribution in [0.2, 0.25) is 0 Å². The highest BCUT2D eigenvalue weighted by Crippen LogP contribution is 2.42. The van der Waals surface area contributed by atoms with Crippen molar-refractivity contribution in [3.63, 3.8) is 0 Å². The average Bonchev–Trinajstić information content (AvgIpc) is 3.89. The number of thiophene rings is 1. The van der Waals surface area contributed by atoms with E-state index in [4.69, 9.17) is 23.8 Å². The van der Waals surface area contributed by atoms with Gasteiger partial charge in [0, 0.05) is 72.2 Å². The van der Waals surface area contributed by atoms with Crippen LogP contribution in [-0.4, -0.2) is 15.0 Å². The highest BCUT2D eigenvalue weighted by atomic mass is 32.1. The zero-order valence-electron chi connectivity index (χ0n) is 28.0. The molecule has 5 heterocycles. The summed E-state index contributed by atoms with van der Waals surface area (Å²) in [5.74, 6) is 1.39. The Morgan fingerprint density at radius 2 is 0.943 bits per heavy atom. The van der Waals surface area contributed by atoms with Crippen molar-refractivity contribution < 1.29 is 8.83 Å². The van der Waals surface area contributed by atoms with Gasteiger partial charge >= 0.3 is 0 Å². The van der Waals surface area contributed by atoms with Gasteiger partial charge in [0.05, 0.1) is 0 Å². The van der Waals surface area contributed by atoms with Crippen LogP contribution in [0.1, 0.15) is 0 Å². The molecule has 0 N–H and O–H groups in total. The Morgan fingerprint density at radius 3 is 1.58 bits per heavy atom. The molecule has 6 aromatic carbocycles. The third kappa shape index (κ3) is 4.84. The molecule has 5 aromatic heterocycles. The molecular formula is C45H27N5O2S. The largest absolute Gasteiger partial charge is 0.456 e. The zero-order chi connectivity index (χ0) is 34.9. The van der Waals surface area contributed by atoms with Gasteiger partial charge in [-0.3, -0.25) is 9.80 Å². The van der Waals surface area contributed by atoms with Crippen LogP contribution in [0.25, 0.3) is 64.2 Å². The number of aromatic nitrogens is 3. The molecule has 0 radical (unpaired) electrons. The Hall–Kier alpha value is -7.03. The van der Waals surface area contributed by atoms with Crippen molar-refractivity contribution in [3.8, 4) is 0 Å². The van der Waals surface area contributed by atoms with Gasteiger partial charge in [-0.25, -0.2) is 15.0 Å². The molecule has 250 valence electrons. The topological polar surface area (TPSA) is 71.4 Å². The minimum atomic E-state index is 0.585. The number of para-hydroxylation sites is 4. The second-order valence-electron chi connectivity index (χ2n) is 12.9. The molecule has 0 amide bonds. The highest BCUT2D eigenvalue weighted by Gasteiger charge is 2.21. The number of hydrogen-bond donors (Lipinski definition) is 0. The molecule has 7 nitrogen and oxygen atoms in total. The van der Waals surface area contributed by atoms with E-state index in [1.807, 2.05) is 85.2 Å². The number of rotatable bonds is 6. The number of anilines is 6. The van der Waals surface area contributed by atoms with Crippen molar-refractivity contribution in [3.05, 3.63) is 164 Å². The van der Waals surface area contributed by atoms with Crippen molar-refractivity contribution >= 4 is 110 Å². The van der Waals surface area contributed by atoms with Crippen LogP contribution in [-0.2, 0) is 0 Å². The number of furan rings is 2. The summed E-state index contributed by atoms with van der Waals surface area (Å²) < 4.78 is 13.4. The van der Waals surface area contributed by atoms with E-state index < -0.39 is 0 Å². The maximum absolute atomic E-state index is 6.15. The van der Waals surface area contributed by atoms with Gasteiger partial charge in [-0.1, -0.05) is 72.8 Å². The molecule has 0 atom stereocenters. The SMILES string of the molecule is c1ccc(N(c2ccc3oc4ccccc4c3c2)c2cc3sc4nc(N(c5ccccc5)c5ccc6oc7ccccc7c6c5)ncc4c3cn2)cc1. The fourth-order valence-corrected chi connectivity index (χ4v) is 8.37. The summed E-state index contributed by atoms with van der Waals surface area (Å²) >= 11 is 1.64. The summed E-state index contributed by atoms with van der Waals surface area (Å²) in [5, 5.41) is 6.25. The number of hydrogen-bond acceptors (Lipinski definition) is 8. The van der Waals surface area contributed by atoms with Crippen LogP contribution in [0.5, 0.6) is 0 Å².